The summed E-state index contributed by atoms with van der Waals surface area (Å²) in [6, 6.07) is 46.2. The molecule has 60 heavy (non-hydrogen) atoms. The highest BCUT2D eigenvalue weighted by Gasteiger charge is 2.17. The summed E-state index contributed by atoms with van der Waals surface area (Å²) in [6.45, 7) is 15.0. The summed E-state index contributed by atoms with van der Waals surface area (Å²) in [5.41, 5.74) is 13.6. The van der Waals surface area contributed by atoms with E-state index in [4.69, 9.17) is 13.9 Å². The lowest BCUT2D eigenvalue weighted by Gasteiger charge is -2.16. The lowest BCUT2D eigenvalue weighted by Crippen LogP contribution is -2.11. The van der Waals surface area contributed by atoms with Gasteiger partial charge in [-0.3, -0.25) is 0 Å². The Kier molecular flexibility index (Phi) is 12.8. The number of hydrogen-bond donors (Lipinski definition) is 0. The van der Waals surface area contributed by atoms with E-state index in [1.54, 1.807) is 0 Å². The number of benzene rings is 6. The van der Waals surface area contributed by atoms with Crippen LogP contribution in [0.2, 0.25) is 0 Å². The Morgan fingerprint density at radius 1 is 0.500 bits per heavy atom. The first-order valence-corrected chi connectivity index (χ1v) is 22.5. The largest absolute Gasteiger partial charge is 0.493 e. The predicted molar refractivity (Wildman–Crippen MR) is 254 cm³/mol. The van der Waals surface area contributed by atoms with Gasteiger partial charge in [0, 0.05) is 27.5 Å². The van der Waals surface area contributed by atoms with E-state index >= 15 is 0 Å². The van der Waals surface area contributed by atoms with Crippen LogP contribution in [0.1, 0.15) is 90.3 Å². The van der Waals surface area contributed by atoms with Gasteiger partial charge in [-0.05, 0) is 156 Å². The number of para-hydroxylation sites is 1. The van der Waals surface area contributed by atoms with Crippen LogP contribution < -0.4 is 9.47 Å². The van der Waals surface area contributed by atoms with Crippen molar-refractivity contribution in [2.24, 2.45) is 11.8 Å². The van der Waals surface area contributed by atoms with Crippen molar-refractivity contribution in [3.63, 3.8) is 0 Å². The van der Waals surface area contributed by atoms with Crippen LogP contribution in [-0.4, -0.2) is 17.8 Å². The molecule has 0 radical (unpaired) electrons. The highest BCUT2D eigenvalue weighted by molar-refractivity contribution is 6.07. The molecule has 4 heteroatoms. The molecule has 308 valence electrons. The molecule has 0 aliphatic carbocycles. The summed E-state index contributed by atoms with van der Waals surface area (Å²) < 4.78 is 21.5. The summed E-state index contributed by atoms with van der Waals surface area (Å²) in [5.74, 6) is 3.03. The highest BCUT2D eigenvalue weighted by atomic mass is 16.5. The topological polar surface area (TPSA) is 36.5 Å². The fourth-order valence-electron chi connectivity index (χ4n) is 8.78. The van der Waals surface area contributed by atoms with Gasteiger partial charge in [0.05, 0.1) is 18.7 Å². The molecule has 0 aliphatic rings. The van der Waals surface area contributed by atoms with Crippen molar-refractivity contribution < 1.29 is 13.9 Å². The molecule has 2 unspecified atom stereocenters. The minimum absolute atomic E-state index is 0.591. The van der Waals surface area contributed by atoms with E-state index in [0.29, 0.717) is 11.8 Å². The molecule has 0 fully saturated rings. The summed E-state index contributed by atoms with van der Waals surface area (Å²) in [4.78, 5) is 0. The zero-order valence-corrected chi connectivity index (χ0v) is 36.5. The van der Waals surface area contributed by atoms with Crippen LogP contribution in [0.4, 0.5) is 0 Å². The summed E-state index contributed by atoms with van der Waals surface area (Å²) >= 11 is 0. The van der Waals surface area contributed by atoms with Crippen LogP contribution in [0, 0.1) is 25.7 Å². The zero-order valence-electron chi connectivity index (χ0n) is 36.5. The van der Waals surface area contributed by atoms with Crippen molar-refractivity contribution in [2.75, 3.05) is 13.2 Å². The second kappa shape index (κ2) is 18.7. The third-order valence-electron chi connectivity index (χ3n) is 12.8. The molecule has 0 saturated heterocycles. The maximum atomic E-state index is 6.45. The number of nitrogens with zero attached hydrogens (tertiary/aromatic N) is 1. The van der Waals surface area contributed by atoms with Gasteiger partial charge in [-0.15, -0.1) is 0 Å². The number of hydrogen-bond acceptors (Lipinski definition) is 3. The minimum Gasteiger partial charge on any atom is -0.493 e. The van der Waals surface area contributed by atoms with Gasteiger partial charge >= 0.3 is 0 Å². The van der Waals surface area contributed by atoms with Gasteiger partial charge in [-0.25, -0.2) is 0 Å². The van der Waals surface area contributed by atoms with Crippen LogP contribution in [0.25, 0.3) is 71.9 Å². The van der Waals surface area contributed by atoms with Crippen LogP contribution in [0.15, 0.2) is 132 Å². The molecule has 0 saturated carbocycles. The van der Waals surface area contributed by atoms with Gasteiger partial charge in [0.25, 0.3) is 0 Å². The van der Waals surface area contributed by atoms with E-state index in [9.17, 15) is 0 Å². The average Bonchev–Trinajstić information content (AvgIpc) is 3.79. The van der Waals surface area contributed by atoms with Crippen molar-refractivity contribution in [2.45, 2.75) is 92.9 Å². The van der Waals surface area contributed by atoms with Gasteiger partial charge in [0.15, 0.2) is 0 Å². The maximum absolute atomic E-state index is 6.45. The predicted octanol–water partition coefficient (Wildman–Crippen LogP) is 16.3. The third-order valence-corrected chi connectivity index (χ3v) is 12.8. The lowest BCUT2D eigenvalue weighted by atomic mass is 9.92. The van der Waals surface area contributed by atoms with E-state index in [2.05, 4.69) is 174 Å². The summed E-state index contributed by atoms with van der Waals surface area (Å²) in [7, 11) is 0. The van der Waals surface area contributed by atoms with Crippen molar-refractivity contribution in [3.8, 4) is 50.6 Å². The van der Waals surface area contributed by atoms with E-state index in [-0.39, 0.29) is 0 Å². The van der Waals surface area contributed by atoms with Crippen molar-refractivity contribution in [3.05, 3.63) is 139 Å². The fraction of sp³-hybridized carbons (Fsp3) is 0.321. The normalized spacial score (nSPS) is 12.7. The van der Waals surface area contributed by atoms with E-state index < -0.39 is 0 Å². The van der Waals surface area contributed by atoms with Gasteiger partial charge in [0.1, 0.15) is 22.7 Å². The molecule has 0 amide bonds. The molecule has 2 aromatic heterocycles. The molecular formula is C56H61NO3. The SMILES string of the molecule is CCCCC(CC)COc1ccc(-c2cc(-c3ccc(OCC(CC)CCCC)cc3)cc(-c3ccc4oc5ccc(-n6c(C)c(C)c7ccccc76)cc5c4c3)c2)cc1. The second-order valence-electron chi connectivity index (χ2n) is 16.9. The van der Waals surface area contributed by atoms with Crippen molar-refractivity contribution in [1.29, 1.82) is 0 Å². The fourth-order valence-corrected chi connectivity index (χ4v) is 8.78. The number of ether oxygens (including phenoxy) is 2. The molecule has 0 aliphatic heterocycles. The molecule has 0 spiro atoms. The summed E-state index contributed by atoms with van der Waals surface area (Å²) in [6.07, 6.45) is 9.68. The Hall–Kier alpha value is -5.74. The Balaban J connectivity index is 1.15. The Bertz CT molecular complexity index is 2600. The zero-order chi connectivity index (χ0) is 41.6. The van der Waals surface area contributed by atoms with Crippen molar-refractivity contribution >= 4 is 32.8 Å². The molecule has 2 atom stereocenters. The van der Waals surface area contributed by atoms with Gasteiger partial charge < -0.3 is 18.5 Å². The monoisotopic (exact) mass is 795 g/mol. The number of furan rings is 1. The van der Waals surface area contributed by atoms with Gasteiger partial charge in [-0.1, -0.05) is 115 Å². The highest BCUT2D eigenvalue weighted by Crippen LogP contribution is 2.39. The Labute approximate surface area is 357 Å². The molecule has 0 bridgehead atoms. The number of rotatable bonds is 18. The molecule has 8 aromatic rings. The third kappa shape index (κ3) is 8.75. The minimum atomic E-state index is 0.591. The van der Waals surface area contributed by atoms with E-state index in [0.717, 1.165) is 98.6 Å². The van der Waals surface area contributed by atoms with Gasteiger partial charge in [0.2, 0.25) is 0 Å². The van der Waals surface area contributed by atoms with Crippen LogP contribution in [0.3, 0.4) is 0 Å². The molecule has 4 nitrogen and oxygen atoms in total. The standard InChI is InChI=1S/C56H61NO3/c1-7-11-15-40(9-3)36-58-49-25-19-42(20-26-49)45-31-46(43-21-27-50(28-22-43)59-37-41(10-4)16-12-8-2)33-47(32-45)44-23-29-55-52(34-44)53-35-48(24-30-56(53)60-55)57-39(6)38(5)51-17-13-14-18-54(51)57/h13-14,17-35,40-41H,7-12,15-16,36-37H2,1-6H3. The number of aromatic nitrogens is 1. The first-order chi connectivity index (χ1) is 29.4. The quantitative estimate of drug-likeness (QED) is 0.0868. The molecule has 2 heterocycles. The first-order valence-electron chi connectivity index (χ1n) is 22.5. The number of unbranched alkanes of at least 4 members (excludes halogenated alkanes) is 2. The average molecular weight is 796 g/mol. The van der Waals surface area contributed by atoms with Crippen molar-refractivity contribution in [1.82, 2.24) is 4.57 Å². The van der Waals surface area contributed by atoms with E-state index in [1.807, 2.05) is 0 Å². The Morgan fingerprint density at radius 2 is 1.00 bits per heavy atom. The molecule has 8 rings (SSSR count). The van der Waals surface area contributed by atoms with Crippen LogP contribution >= 0.6 is 0 Å². The maximum Gasteiger partial charge on any atom is 0.135 e. The molecule has 0 N–H and O–H groups in total. The number of fused-ring (bicyclic) bond motifs is 4. The van der Waals surface area contributed by atoms with Crippen LogP contribution in [0.5, 0.6) is 11.5 Å². The van der Waals surface area contributed by atoms with E-state index in [1.165, 1.54) is 60.7 Å². The lowest BCUT2D eigenvalue weighted by molar-refractivity contribution is 0.233. The summed E-state index contributed by atoms with van der Waals surface area (Å²) in [5, 5.41) is 3.51. The smallest absolute Gasteiger partial charge is 0.135 e. The van der Waals surface area contributed by atoms with Crippen LogP contribution in [-0.2, 0) is 0 Å². The Morgan fingerprint density at radius 3 is 1.55 bits per heavy atom. The van der Waals surface area contributed by atoms with Gasteiger partial charge in [-0.2, -0.15) is 0 Å². The molecular weight excluding hydrogens is 735 g/mol. The molecule has 6 aromatic carbocycles. The first kappa shape index (κ1) is 41.0. The number of aryl methyl sites for hydroxylation is 1. The second-order valence-corrected chi connectivity index (χ2v) is 16.9.